The highest BCUT2D eigenvalue weighted by Crippen LogP contribution is 2.11. The van der Waals surface area contributed by atoms with Crippen molar-refractivity contribution in [1.82, 2.24) is 0 Å². The quantitative estimate of drug-likeness (QED) is 0.450. The van der Waals surface area contributed by atoms with Gasteiger partial charge in [0.05, 0.1) is 6.10 Å². The van der Waals surface area contributed by atoms with E-state index in [-0.39, 0.29) is 0 Å². The molecule has 1 unspecified atom stereocenters. The van der Waals surface area contributed by atoms with Crippen molar-refractivity contribution in [1.29, 1.82) is 0 Å². The van der Waals surface area contributed by atoms with E-state index in [4.69, 9.17) is 4.74 Å². The smallest absolute Gasteiger partial charge is 0.0754 e. The lowest BCUT2D eigenvalue weighted by Crippen LogP contribution is -1.96. The molecule has 0 aromatic rings. The molecule has 0 bridgehead atoms. The van der Waals surface area contributed by atoms with Gasteiger partial charge in [-0.25, -0.2) is 0 Å². The highest BCUT2D eigenvalue weighted by Gasteiger charge is 2.09. The lowest BCUT2D eigenvalue weighted by molar-refractivity contribution is 0.146. The fraction of sp³-hybridized carbons (Fsp3) is 0.667. The van der Waals surface area contributed by atoms with Crippen molar-refractivity contribution < 1.29 is 4.74 Å². The molecule has 1 heterocycles. The summed E-state index contributed by atoms with van der Waals surface area (Å²) in [5, 5.41) is 0. The molecule has 0 aromatic heterocycles. The summed E-state index contributed by atoms with van der Waals surface area (Å²) in [5.74, 6) is 0. The third-order valence-corrected chi connectivity index (χ3v) is 1.23. The first-order valence-electron chi connectivity index (χ1n) is 2.67. The van der Waals surface area contributed by atoms with Crippen LogP contribution in [0.1, 0.15) is 12.8 Å². The second-order valence-corrected chi connectivity index (χ2v) is 1.79. The monoisotopic (exact) mass is 98.1 g/mol. The van der Waals surface area contributed by atoms with E-state index in [1.807, 2.05) is 6.08 Å². The minimum absolute atomic E-state index is 0.361. The molecule has 0 N–H and O–H groups in total. The lowest BCUT2D eigenvalue weighted by atomic mass is 10.2. The largest absolute Gasteiger partial charge is 0.374 e. The number of hydrogen-bond acceptors (Lipinski definition) is 1. The van der Waals surface area contributed by atoms with E-state index in [0.717, 1.165) is 6.61 Å². The standard InChI is InChI=1S/C6H10O/c1-2-6-4-3-5-7-6/h2,6H,1,3-5H2. The van der Waals surface area contributed by atoms with Crippen LogP contribution < -0.4 is 0 Å². The van der Waals surface area contributed by atoms with Crippen LogP contribution in [-0.4, -0.2) is 12.7 Å². The van der Waals surface area contributed by atoms with Crippen molar-refractivity contribution >= 4 is 0 Å². The van der Waals surface area contributed by atoms with Crippen LogP contribution in [0.5, 0.6) is 0 Å². The molecule has 0 saturated carbocycles. The van der Waals surface area contributed by atoms with Crippen molar-refractivity contribution in [3.05, 3.63) is 12.7 Å². The van der Waals surface area contributed by atoms with E-state index in [1.54, 1.807) is 0 Å². The van der Waals surface area contributed by atoms with Crippen molar-refractivity contribution in [2.24, 2.45) is 0 Å². The molecule has 1 aliphatic rings. The molecule has 1 heteroatoms. The SMILES string of the molecule is C=CC1CCCO1. The van der Waals surface area contributed by atoms with E-state index in [2.05, 4.69) is 6.58 Å². The van der Waals surface area contributed by atoms with Gasteiger partial charge in [0.2, 0.25) is 0 Å². The third-order valence-electron chi connectivity index (χ3n) is 1.23. The zero-order valence-electron chi connectivity index (χ0n) is 4.39. The maximum absolute atomic E-state index is 5.18. The Labute approximate surface area is 44.0 Å². The van der Waals surface area contributed by atoms with Crippen LogP contribution in [0.4, 0.5) is 0 Å². The first-order valence-corrected chi connectivity index (χ1v) is 2.67. The Hall–Kier alpha value is -0.300. The second-order valence-electron chi connectivity index (χ2n) is 1.79. The summed E-state index contributed by atoms with van der Waals surface area (Å²) < 4.78 is 5.18. The predicted octanol–water partition coefficient (Wildman–Crippen LogP) is 1.35. The Morgan fingerprint density at radius 2 is 2.57 bits per heavy atom. The average molecular weight is 98.1 g/mol. The Kier molecular flexibility index (Phi) is 1.47. The minimum atomic E-state index is 0.361. The maximum atomic E-state index is 5.18. The first kappa shape index (κ1) is 4.85. The molecular formula is C6H10O. The molecule has 1 atom stereocenters. The molecule has 1 rings (SSSR count). The zero-order chi connectivity index (χ0) is 5.11. The zero-order valence-corrected chi connectivity index (χ0v) is 4.39. The Balaban J connectivity index is 2.26. The molecule has 7 heavy (non-hydrogen) atoms. The van der Waals surface area contributed by atoms with Crippen LogP contribution in [0.3, 0.4) is 0 Å². The fourth-order valence-electron chi connectivity index (χ4n) is 0.788. The predicted molar refractivity (Wildman–Crippen MR) is 29.2 cm³/mol. The van der Waals surface area contributed by atoms with Crippen LogP contribution in [0.15, 0.2) is 12.7 Å². The first-order chi connectivity index (χ1) is 3.43. The van der Waals surface area contributed by atoms with Gasteiger partial charge in [0.15, 0.2) is 0 Å². The van der Waals surface area contributed by atoms with Crippen molar-refractivity contribution in [2.75, 3.05) is 6.61 Å². The summed E-state index contributed by atoms with van der Waals surface area (Å²) in [6, 6.07) is 0. The number of rotatable bonds is 1. The summed E-state index contributed by atoms with van der Waals surface area (Å²) >= 11 is 0. The molecule has 1 saturated heterocycles. The molecule has 0 radical (unpaired) electrons. The van der Waals surface area contributed by atoms with Gasteiger partial charge in [-0.3, -0.25) is 0 Å². The van der Waals surface area contributed by atoms with Crippen LogP contribution in [0.25, 0.3) is 0 Å². The number of ether oxygens (including phenoxy) is 1. The molecular weight excluding hydrogens is 88.1 g/mol. The highest BCUT2D eigenvalue weighted by molar-refractivity contribution is 4.82. The van der Waals surface area contributed by atoms with E-state index in [1.165, 1.54) is 12.8 Å². The average Bonchev–Trinajstić information content (AvgIpc) is 2.14. The van der Waals surface area contributed by atoms with Crippen LogP contribution in [0, 0.1) is 0 Å². The summed E-state index contributed by atoms with van der Waals surface area (Å²) in [6.45, 7) is 4.54. The van der Waals surface area contributed by atoms with E-state index >= 15 is 0 Å². The molecule has 0 amide bonds. The van der Waals surface area contributed by atoms with E-state index < -0.39 is 0 Å². The van der Waals surface area contributed by atoms with Gasteiger partial charge in [-0.15, -0.1) is 6.58 Å². The van der Waals surface area contributed by atoms with Crippen LogP contribution >= 0.6 is 0 Å². The van der Waals surface area contributed by atoms with Gasteiger partial charge in [-0.1, -0.05) is 6.08 Å². The fourth-order valence-corrected chi connectivity index (χ4v) is 0.788. The third kappa shape index (κ3) is 1.03. The van der Waals surface area contributed by atoms with Gasteiger partial charge in [0.1, 0.15) is 0 Å². The molecule has 0 aliphatic carbocycles. The van der Waals surface area contributed by atoms with Gasteiger partial charge in [-0.2, -0.15) is 0 Å². The maximum Gasteiger partial charge on any atom is 0.0754 e. The normalized spacial score (nSPS) is 30.6. The molecule has 1 aliphatic heterocycles. The van der Waals surface area contributed by atoms with Crippen molar-refractivity contribution in [3.63, 3.8) is 0 Å². The molecule has 0 aromatic carbocycles. The topological polar surface area (TPSA) is 9.23 Å². The molecule has 40 valence electrons. The Bertz CT molecular complexity index is 62.6. The van der Waals surface area contributed by atoms with Crippen LogP contribution in [0.2, 0.25) is 0 Å². The van der Waals surface area contributed by atoms with Gasteiger partial charge < -0.3 is 4.74 Å². The summed E-state index contributed by atoms with van der Waals surface area (Å²) in [6.07, 6.45) is 4.60. The van der Waals surface area contributed by atoms with Gasteiger partial charge in [0, 0.05) is 6.61 Å². The summed E-state index contributed by atoms with van der Waals surface area (Å²) in [4.78, 5) is 0. The summed E-state index contributed by atoms with van der Waals surface area (Å²) in [7, 11) is 0. The van der Waals surface area contributed by atoms with Crippen molar-refractivity contribution in [3.8, 4) is 0 Å². The Morgan fingerprint density at radius 3 is 2.86 bits per heavy atom. The Morgan fingerprint density at radius 1 is 1.71 bits per heavy atom. The molecule has 1 nitrogen and oxygen atoms in total. The highest BCUT2D eigenvalue weighted by atomic mass is 16.5. The van der Waals surface area contributed by atoms with Gasteiger partial charge in [-0.05, 0) is 12.8 Å². The second kappa shape index (κ2) is 2.12. The molecule has 0 spiro atoms. The molecule has 1 fully saturated rings. The summed E-state index contributed by atoms with van der Waals surface area (Å²) in [5.41, 5.74) is 0. The lowest BCUT2D eigenvalue weighted by Gasteiger charge is -1.97. The van der Waals surface area contributed by atoms with E-state index in [9.17, 15) is 0 Å². The minimum Gasteiger partial charge on any atom is -0.374 e. The van der Waals surface area contributed by atoms with Gasteiger partial charge >= 0.3 is 0 Å². The number of hydrogen-bond donors (Lipinski definition) is 0. The van der Waals surface area contributed by atoms with Crippen molar-refractivity contribution in [2.45, 2.75) is 18.9 Å². The van der Waals surface area contributed by atoms with Gasteiger partial charge in [0.25, 0.3) is 0 Å². The van der Waals surface area contributed by atoms with Crippen LogP contribution in [-0.2, 0) is 4.74 Å². The van der Waals surface area contributed by atoms with E-state index in [0.29, 0.717) is 6.10 Å².